The molecule has 2 aliphatic heterocycles. The highest BCUT2D eigenvalue weighted by molar-refractivity contribution is 5.76. The number of nitrogens with one attached hydrogen (secondary N) is 1. The van der Waals surface area contributed by atoms with E-state index < -0.39 is 0 Å². The maximum absolute atomic E-state index is 3.53. The Morgan fingerprint density at radius 3 is 2.53 bits per heavy atom. The van der Waals surface area contributed by atoms with Gasteiger partial charge in [0, 0.05) is 32.2 Å². The van der Waals surface area contributed by atoms with E-state index >= 15 is 0 Å². The summed E-state index contributed by atoms with van der Waals surface area (Å²) in [4.78, 5) is 5.17. The Morgan fingerprint density at radius 1 is 1.16 bits per heavy atom. The Morgan fingerprint density at radius 2 is 1.84 bits per heavy atom. The van der Waals surface area contributed by atoms with Crippen molar-refractivity contribution in [1.82, 2.24) is 5.32 Å². The molecule has 1 N–H and O–H groups in total. The number of piperazine rings is 1. The fourth-order valence-electron chi connectivity index (χ4n) is 3.30. The van der Waals surface area contributed by atoms with Crippen LogP contribution in [0, 0.1) is 13.8 Å². The monoisotopic (exact) mass is 259 g/mol. The van der Waals surface area contributed by atoms with E-state index in [1.165, 1.54) is 22.5 Å². The fourth-order valence-corrected chi connectivity index (χ4v) is 3.30. The Hall–Kier alpha value is -1.22. The Balaban J connectivity index is 2.09. The van der Waals surface area contributed by atoms with Crippen LogP contribution in [0.4, 0.5) is 11.4 Å². The van der Waals surface area contributed by atoms with Gasteiger partial charge in [-0.3, -0.25) is 0 Å². The first-order valence-corrected chi connectivity index (χ1v) is 7.43. The lowest BCUT2D eigenvalue weighted by Crippen LogP contribution is -2.59. The summed E-state index contributed by atoms with van der Waals surface area (Å²) in [7, 11) is 0. The van der Waals surface area contributed by atoms with Gasteiger partial charge >= 0.3 is 0 Å². The summed E-state index contributed by atoms with van der Waals surface area (Å²) in [5, 5.41) is 3.53. The highest BCUT2D eigenvalue weighted by atomic mass is 15.3. The molecule has 0 aromatic heterocycles. The van der Waals surface area contributed by atoms with Crippen LogP contribution in [-0.4, -0.2) is 38.3 Å². The molecule has 3 heteroatoms. The molecule has 3 rings (SSSR count). The van der Waals surface area contributed by atoms with E-state index in [2.05, 4.69) is 54.9 Å². The molecule has 104 valence electrons. The molecule has 0 saturated carbocycles. The largest absolute Gasteiger partial charge is 0.365 e. The van der Waals surface area contributed by atoms with Crippen LogP contribution in [0.5, 0.6) is 0 Å². The molecular formula is C16H25N3. The van der Waals surface area contributed by atoms with Crippen molar-refractivity contribution in [1.29, 1.82) is 0 Å². The van der Waals surface area contributed by atoms with E-state index in [9.17, 15) is 0 Å². The zero-order valence-corrected chi connectivity index (χ0v) is 12.5. The van der Waals surface area contributed by atoms with Crippen molar-refractivity contribution >= 4 is 11.4 Å². The van der Waals surface area contributed by atoms with Crippen molar-refractivity contribution in [2.75, 3.05) is 36.0 Å². The van der Waals surface area contributed by atoms with Crippen LogP contribution in [0.25, 0.3) is 0 Å². The maximum atomic E-state index is 3.53. The number of hydrogen-bond donors (Lipinski definition) is 1. The zero-order valence-electron chi connectivity index (χ0n) is 12.5. The van der Waals surface area contributed by atoms with Gasteiger partial charge in [-0.05, 0) is 51.0 Å². The van der Waals surface area contributed by atoms with Gasteiger partial charge in [-0.2, -0.15) is 0 Å². The number of benzene rings is 1. The summed E-state index contributed by atoms with van der Waals surface area (Å²) in [6.45, 7) is 13.5. The van der Waals surface area contributed by atoms with E-state index in [1.54, 1.807) is 0 Å². The molecule has 0 amide bonds. The van der Waals surface area contributed by atoms with Gasteiger partial charge < -0.3 is 15.1 Å². The van der Waals surface area contributed by atoms with Crippen LogP contribution in [0.1, 0.15) is 25.0 Å². The number of anilines is 2. The Kier molecular flexibility index (Phi) is 3.17. The van der Waals surface area contributed by atoms with Gasteiger partial charge in [0.05, 0.1) is 17.4 Å². The number of fused-ring (bicyclic) bond motifs is 3. The number of aryl methyl sites for hydroxylation is 2. The van der Waals surface area contributed by atoms with Crippen LogP contribution < -0.4 is 15.1 Å². The van der Waals surface area contributed by atoms with Crippen LogP contribution >= 0.6 is 0 Å². The van der Waals surface area contributed by atoms with Crippen molar-refractivity contribution in [2.45, 2.75) is 39.8 Å². The minimum absolute atomic E-state index is 0.560. The van der Waals surface area contributed by atoms with Gasteiger partial charge in [0.2, 0.25) is 0 Å². The van der Waals surface area contributed by atoms with Gasteiger partial charge in [-0.25, -0.2) is 0 Å². The predicted molar refractivity (Wildman–Crippen MR) is 82.4 cm³/mol. The molecule has 1 aromatic rings. The summed E-state index contributed by atoms with van der Waals surface area (Å²) < 4.78 is 0. The molecule has 2 heterocycles. The first-order chi connectivity index (χ1) is 9.08. The first-order valence-electron chi connectivity index (χ1n) is 7.43. The molecule has 3 nitrogen and oxygen atoms in total. The summed E-state index contributed by atoms with van der Waals surface area (Å²) in [5.74, 6) is 0. The second-order valence-electron chi connectivity index (χ2n) is 6.22. The summed E-state index contributed by atoms with van der Waals surface area (Å²) >= 11 is 0. The van der Waals surface area contributed by atoms with Crippen molar-refractivity contribution in [3.05, 3.63) is 23.3 Å². The molecule has 1 saturated heterocycles. The van der Waals surface area contributed by atoms with E-state index in [-0.39, 0.29) is 0 Å². The van der Waals surface area contributed by atoms with Crippen molar-refractivity contribution < 1.29 is 0 Å². The molecule has 0 spiro atoms. The molecule has 0 radical (unpaired) electrons. The van der Waals surface area contributed by atoms with E-state index in [1.807, 2.05) is 0 Å². The number of rotatable bonds is 1. The molecule has 19 heavy (non-hydrogen) atoms. The third-order valence-corrected chi connectivity index (χ3v) is 4.59. The summed E-state index contributed by atoms with van der Waals surface area (Å²) in [5.41, 5.74) is 5.67. The van der Waals surface area contributed by atoms with E-state index in [0.717, 1.165) is 26.2 Å². The second kappa shape index (κ2) is 4.71. The smallest absolute Gasteiger partial charge is 0.0611 e. The zero-order chi connectivity index (χ0) is 13.6. The maximum Gasteiger partial charge on any atom is 0.0611 e. The lowest BCUT2D eigenvalue weighted by atomic mass is 9.99. The van der Waals surface area contributed by atoms with Crippen LogP contribution in [-0.2, 0) is 0 Å². The molecule has 1 fully saturated rings. The van der Waals surface area contributed by atoms with E-state index in [0.29, 0.717) is 12.1 Å². The standard InChI is InChI=1S/C16H25N3/c1-11(2)19-10-14-9-17-5-6-18(14)15-7-12(3)13(4)8-16(15)19/h7-8,11,14,17H,5-6,9-10H2,1-4H3. The molecular weight excluding hydrogens is 234 g/mol. The molecule has 0 aliphatic carbocycles. The highest BCUT2D eigenvalue weighted by Crippen LogP contribution is 2.38. The topological polar surface area (TPSA) is 18.5 Å². The SMILES string of the molecule is Cc1cc2c(cc1C)N1CCNCC1CN2C(C)C. The van der Waals surface area contributed by atoms with Gasteiger partial charge in [0.15, 0.2) is 0 Å². The Labute approximate surface area is 116 Å². The third kappa shape index (κ3) is 2.10. The summed E-state index contributed by atoms with van der Waals surface area (Å²) in [6.07, 6.45) is 0. The van der Waals surface area contributed by atoms with Gasteiger partial charge in [-0.15, -0.1) is 0 Å². The average Bonchev–Trinajstić information content (AvgIpc) is 2.39. The molecule has 1 unspecified atom stereocenters. The molecule has 2 aliphatic rings. The molecule has 1 atom stereocenters. The van der Waals surface area contributed by atoms with Crippen molar-refractivity contribution in [2.24, 2.45) is 0 Å². The normalized spacial score (nSPS) is 22.5. The molecule has 1 aromatic carbocycles. The van der Waals surface area contributed by atoms with Gasteiger partial charge in [-0.1, -0.05) is 0 Å². The third-order valence-electron chi connectivity index (χ3n) is 4.59. The Bertz CT molecular complexity index is 481. The van der Waals surface area contributed by atoms with Crippen LogP contribution in [0.3, 0.4) is 0 Å². The predicted octanol–water partition coefficient (Wildman–Crippen LogP) is 2.31. The first kappa shape index (κ1) is 12.8. The fraction of sp³-hybridized carbons (Fsp3) is 0.625. The highest BCUT2D eigenvalue weighted by Gasteiger charge is 2.33. The number of nitrogens with zero attached hydrogens (tertiary/aromatic N) is 2. The van der Waals surface area contributed by atoms with Gasteiger partial charge in [0.1, 0.15) is 0 Å². The van der Waals surface area contributed by atoms with Crippen molar-refractivity contribution in [3.8, 4) is 0 Å². The second-order valence-corrected chi connectivity index (χ2v) is 6.22. The van der Waals surface area contributed by atoms with Crippen LogP contribution in [0.15, 0.2) is 12.1 Å². The quantitative estimate of drug-likeness (QED) is 0.835. The number of hydrogen-bond acceptors (Lipinski definition) is 3. The van der Waals surface area contributed by atoms with Crippen molar-refractivity contribution in [3.63, 3.8) is 0 Å². The van der Waals surface area contributed by atoms with Crippen LogP contribution in [0.2, 0.25) is 0 Å². The summed E-state index contributed by atoms with van der Waals surface area (Å²) in [6, 6.07) is 5.94. The average molecular weight is 259 g/mol. The minimum atomic E-state index is 0.560. The van der Waals surface area contributed by atoms with E-state index in [4.69, 9.17) is 0 Å². The molecule has 0 bridgehead atoms. The minimum Gasteiger partial charge on any atom is -0.365 e. The lowest BCUT2D eigenvalue weighted by Gasteiger charge is -2.48. The lowest BCUT2D eigenvalue weighted by molar-refractivity contribution is 0.448. The van der Waals surface area contributed by atoms with Gasteiger partial charge in [0.25, 0.3) is 0 Å².